The minimum absolute atomic E-state index is 0.130. The van der Waals surface area contributed by atoms with Gasteiger partial charge in [0.05, 0.1) is 0 Å². The number of halogens is 1. The van der Waals surface area contributed by atoms with Crippen LogP contribution >= 0.6 is 0 Å². The van der Waals surface area contributed by atoms with Crippen LogP contribution in [0.25, 0.3) is 0 Å². The Labute approximate surface area is 103 Å². The van der Waals surface area contributed by atoms with Crippen molar-refractivity contribution >= 4 is 0 Å². The molecular weight excluding hydrogens is 213 g/mol. The van der Waals surface area contributed by atoms with E-state index in [2.05, 4.69) is 4.90 Å². The average molecular weight is 233 g/mol. The standard InChI is InChI=1S/C15H20FN/c16-14-4-1-12(2-5-14)3-6-15-11-13-7-9-17(15)10-8-13/h1-2,4-5,13,15H,3,6-11H2/q+1. The second kappa shape index (κ2) is 4.77. The van der Waals surface area contributed by atoms with Gasteiger partial charge >= 0.3 is 0 Å². The summed E-state index contributed by atoms with van der Waals surface area (Å²) in [6.45, 7) is 2.61. The first-order chi connectivity index (χ1) is 8.31. The molecule has 91 valence electrons. The summed E-state index contributed by atoms with van der Waals surface area (Å²) in [6, 6.07) is 7.77. The smallest absolute Gasteiger partial charge is 0.133 e. The van der Waals surface area contributed by atoms with Gasteiger partial charge in [-0.05, 0) is 30.0 Å². The van der Waals surface area contributed by atoms with E-state index in [0.717, 1.165) is 18.4 Å². The van der Waals surface area contributed by atoms with Gasteiger partial charge in [0.15, 0.2) is 0 Å². The van der Waals surface area contributed by atoms with E-state index in [9.17, 15) is 4.39 Å². The summed E-state index contributed by atoms with van der Waals surface area (Å²) in [5, 5.41) is 0. The maximum Gasteiger partial charge on any atom is 0.133 e. The normalized spacial score (nSPS) is 31.7. The molecule has 1 aromatic carbocycles. The van der Waals surface area contributed by atoms with E-state index < -0.39 is 0 Å². The van der Waals surface area contributed by atoms with Gasteiger partial charge in [0.1, 0.15) is 24.9 Å². The number of rotatable bonds is 3. The minimum atomic E-state index is -0.130. The Morgan fingerprint density at radius 1 is 1.12 bits per heavy atom. The second-order valence-electron chi connectivity index (χ2n) is 5.53. The van der Waals surface area contributed by atoms with Crippen LogP contribution in [0.1, 0.15) is 31.2 Å². The predicted octanol–water partition coefficient (Wildman–Crippen LogP) is 3.08. The third-order valence-corrected chi connectivity index (χ3v) is 4.45. The van der Waals surface area contributed by atoms with E-state index in [-0.39, 0.29) is 5.82 Å². The number of hydrogen-bond donors (Lipinski definition) is 0. The fraction of sp³-hybridized carbons (Fsp3) is 0.600. The van der Waals surface area contributed by atoms with E-state index in [1.54, 1.807) is 12.1 Å². The molecule has 1 nitrogen and oxygen atoms in total. The van der Waals surface area contributed by atoms with Crippen molar-refractivity contribution in [1.29, 1.82) is 0 Å². The van der Waals surface area contributed by atoms with Gasteiger partial charge in [-0.2, -0.15) is 4.90 Å². The highest BCUT2D eigenvalue weighted by Crippen LogP contribution is 2.31. The summed E-state index contributed by atoms with van der Waals surface area (Å²) < 4.78 is 12.8. The van der Waals surface area contributed by atoms with Crippen molar-refractivity contribution < 1.29 is 4.39 Å². The average Bonchev–Trinajstić information content (AvgIpc) is 2.39. The summed E-state index contributed by atoms with van der Waals surface area (Å²) in [5.74, 6) is 0.854. The van der Waals surface area contributed by atoms with Gasteiger partial charge in [0.2, 0.25) is 0 Å². The lowest BCUT2D eigenvalue weighted by Gasteiger charge is -2.37. The summed E-state index contributed by atoms with van der Waals surface area (Å²) in [5.41, 5.74) is 1.27. The summed E-state index contributed by atoms with van der Waals surface area (Å²) in [4.78, 5) is 2.66. The zero-order valence-corrected chi connectivity index (χ0v) is 10.2. The molecule has 0 aliphatic carbocycles. The SMILES string of the molecule is Fc1ccc(CCC2CC3CC[N+]2CC3)cc1. The summed E-state index contributed by atoms with van der Waals surface area (Å²) >= 11 is 0. The Morgan fingerprint density at radius 3 is 2.41 bits per heavy atom. The van der Waals surface area contributed by atoms with Crippen LogP contribution in [-0.2, 0) is 6.42 Å². The first kappa shape index (κ1) is 11.2. The maximum atomic E-state index is 12.8. The van der Waals surface area contributed by atoms with E-state index in [1.165, 1.54) is 44.3 Å². The molecule has 3 aliphatic heterocycles. The topological polar surface area (TPSA) is 5.90 Å². The first-order valence-electron chi connectivity index (χ1n) is 6.80. The van der Waals surface area contributed by atoms with Crippen LogP contribution in [0.5, 0.6) is 0 Å². The fourth-order valence-corrected chi connectivity index (χ4v) is 3.37. The molecule has 17 heavy (non-hydrogen) atoms. The van der Waals surface area contributed by atoms with E-state index in [4.69, 9.17) is 0 Å². The van der Waals surface area contributed by atoms with Crippen molar-refractivity contribution in [2.24, 2.45) is 5.92 Å². The van der Waals surface area contributed by atoms with Crippen molar-refractivity contribution in [2.45, 2.75) is 38.1 Å². The molecule has 3 fully saturated rings. The molecule has 1 aromatic rings. The monoisotopic (exact) mass is 233 g/mol. The summed E-state index contributed by atoms with van der Waals surface area (Å²) in [6.07, 6.45) is 6.54. The lowest BCUT2D eigenvalue weighted by Crippen LogP contribution is -2.53. The lowest BCUT2D eigenvalue weighted by molar-refractivity contribution is 0.122. The van der Waals surface area contributed by atoms with Crippen LogP contribution in [0.3, 0.4) is 0 Å². The third kappa shape index (κ3) is 2.52. The Bertz CT molecular complexity index is 365. The molecule has 0 N–H and O–H groups in total. The molecule has 0 spiro atoms. The number of aryl methyl sites for hydroxylation is 1. The number of piperidine rings is 3. The van der Waals surface area contributed by atoms with Crippen LogP contribution < -0.4 is 4.90 Å². The fourth-order valence-electron chi connectivity index (χ4n) is 3.37. The Hall–Kier alpha value is -0.890. The molecule has 0 aromatic heterocycles. The largest absolute Gasteiger partial charge is 0.207 e. The Balaban J connectivity index is 1.56. The molecular formula is C15H20FN+. The van der Waals surface area contributed by atoms with E-state index in [0.29, 0.717) is 0 Å². The minimum Gasteiger partial charge on any atom is -0.207 e. The molecule has 1 atom stereocenters. The molecule has 2 heteroatoms. The van der Waals surface area contributed by atoms with Gasteiger partial charge in [-0.3, -0.25) is 0 Å². The van der Waals surface area contributed by atoms with Crippen molar-refractivity contribution in [2.75, 3.05) is 13.1 Å². The summed E-state index contributed by atoms with van der Waals surface area (Å²) in [7, 11) is 0. The van der Waals surface area contributed by atoms with Crippen LogP contribution in [0.15, 0.2) is 24.3 Å². The highest BCUT2D eigenvalue weighted by Gasteiger charge is 2.40. The van der Waals surface area contributed by atoms with Gasteiger partial charge in [-0.15, -0.1) is 0 Å². The van der Waals surface area contributed by atoms with Crippen molar-refractivity contribution in [3.63, 3.8) is 0 Å². The van der Waals surface area contributed by atoms with Crippen LogP contribution in [0.4, 0.5) is 4.39 Å². The second-order valence-corrected chi connectivity index (χ2v) is 5.53. The molecule has 1 radical (unpaired) electrons. The van der Waals surface area contributed by atoms with Crippen molar-refractivity contribution in [3.8, 4) is 0 Å². The van der Waals surface area contributed by atoms with Gasteiger partial charge in [-0.25, -0.2) is 4.39 Å². The Kier molecular flexibility index (Phi) is 3.15. The quantitative estimate of drug-likeness (QED) is 0.708. The van der Waals surface area contributed by atoms with Crippen LogP contribution in [0.2, 0.25) is 0 Å². The lowest BCUT2D eigenvalue weighted by atomic mass is 9.81. The molecule has 3 aliphatic rings. The molecule has 3 saturated heterocycles. The maximum absolute atomic E-state index is 12.8. The number of hydrogen-bond acceptors (Lipinski definition) is 1. The Morgan fingerprint density at radius 2 is 1.82 bits per heavy atom. The highest BCUT2D eigenvalue weighted by atomic mass is 19.1. The third-order valence-electron chi connectivity index (χ3n) is 4.45. The number of fused-ring (bicyclic) bond motifs is 3. The molecule has 4 rings (SSSR count). The highest BCUT2D eigenvalue weighted by molar-refractivity contribution is 5.16. The zero-order chi connectivity index (χ0) is 11.7. The molecule has 3 heterocycles. The first-order valence-corrected chi connectivity index (χ1v) is 6.80. The molecule has 0 saturated carbocycles. The van der Waals surface area contributed by atoms with Gasteiger partial charge in [-0.1, -0.05) is 12.1 Å². The number of nitrogens with zero attached hydrogens (tertiary/aromatic N) is 1. The van der Waals surface area contributed by atoms with Crippen molar-refractivity contribution in [3.05, 3.63) is 35.6 Å². The van der Waals surface area contributed by atoms with Crippen LogP contribution in [-0.4, -0.2) is 19.1 Å². The van der Waals surface area contributed by atoms with E-state index >= 15 is 0 Å². The number of benzene rings is 1. The zero-order valence-electron chi connectivity index (χ0n) is 10.2. The van der Waals surface area contributed by atoms with Gasteiger partial charge < -0.3 is 0 Å². The van der Waals surface area contributed by atoms with Gasteiger partial charge in [0.25, 0.3) is 0 Å². The molecule has 1 unspecified atom stereocenters. The predicted molar refractivity (Wildman–Crippen MR) is 67.7 cm³/mol. The van der Waals surface area contributed by atoms with Gasteiger partial charge in [0, 0.05) is 25.7 Å². The van der Waals surface area contributed by atoms with Crippen LogP contribution in [0, 0.1) is 11.7 Å². The molecule has 2 bridgehead atoms. The van der Waals surface area contributed by atoms with E-state index in [1.807, 2.05) is 12.1 Å². The molecule has 0 amide bonds. The van der Waals surface area contributed by atoms with Crippen molar-refractivity contribution in [1.82, 2.24) is 4.90 Å².